The first-order chi connectivity index (χ1) is 7.92. The van der Waals surface area contributed by atoms with E-state index in [0.29, 0.717) is 38.8 Å². The Morgan fingerprint density at radius 3 is 2.47 bits per heavy atom. The highest BCUT2D eigenvalue weighted by Crippen LogP contribution is 2.12. The summed E-state index contributed by atoms with van der Waals surface area (Å²) < 4.78 is 24.6. The molecule has 0 aromatic heterocycles. The highest BCUT2D eigenvalue weighted by atomic mass is 32.2. The summed E-state index contributed by atoms with van der Waals surface area (Å²) in [7, 11) is -3.16. The average Bonchev–Trinajstić information content (AvgIpc) is 2.24. The quantitative estimate of drug-likeness (QED) is 0.687. The second-order valence-electron chi connectivity index (χ2n) is 4.37. The van der Waals surface area contributed by atoms with Crippen LogP contribution in [-0.2, 0) is 14.8 Å². The van der Waals surface area contributed by atoms with Crippen LogP contribution in [0.3, 0.4) is 0 Å². The van der Waals surface area contributed by atoms with Crippen LogP contribution >= 0.6 is 0 Å². The van der Waals surface area contributed by atoms with Crippen molar-refractivity contribution >= 4 is 15.9 Å². The molecular formula is C10H20N2O4S. The first-order valence-electron chi connectivity index (χ1n) is 5.78. The molecule has 0 bridgehead atoms. The third-order valence-corrected chi connectivity index (χ3v) is 3.54. The van der Waals surface area contributed by atoms with Gasteiger partial charge in [-0.05, 0) is 19.3 Å². The minimum absolute atomic E-state index is 0.0256. The fourth-order valence-corrected chi connectivity index (χ4v) is 2.78. The Morgan fingerprint density at radius 1 is 1.41 bits per heavy atom. The van der Waals surface area contributed by atoms with Crippen LogP contribution in [0.4, 0.5) is 0 Å². The molecule has 1 heterocycles. The number of piperidine rings is 1. The van der Waals surface area contributed by atoms with Crippen LogP contribution in [0.5, 0.6) is 0 Å². The van der Waals surface area contributed by atoms with Crippen molar-refractivity contribution in [1.29, 1.82) is 0 Å². The van der Waals surface area contributed by atoms with E-state index in [1.165, 1.54) is 0 Å². The number of hydrogen-bond donors (Lipinski definition) is 2. The van der Waals surface area contributed by atoms with Gasteiger partial charge in [0.25, 0.3) is 0 Å². The predicted octanol–water partition coefficient (Wildman–Crippen LogP) is -0.701. The largest absolute Gasteiger partial charge is 0.396 e. The maximum atomic E-state index is 11.6. The Hall–Kier alpha value is -0.660. The molecule has 0 aliphatic carbocycles. The van der Waals surface area contributed by atoms with Gasteiger partial charge >= 0.3 is 0 Å². The van der Waals surface area contributed by atoms with Gasteiger partial charge in [0.05, 0.1) is 6.26 Å². The standard InChI is InChI=1S/C10H20N2O4S/c1-17(15,16)11-9-4-6-12(7-5-9)10(14)3-2-8-13/h9,11,13H,2-8H2,1H3. The van der Waals surface area contributed by atoms with Gasteiger partial charge in [0.15, 0.2) is 0 Å². The van der Waals surface area contributed by atoms with Crippen LogP contribution in [0.1, 0.15) is 25.7 Å². The van der Waals surface area contributed by atoms with E-state index in [1.54, 1.807) is 4.90 Å². The number of aliphatic hydroxyl groups is 1. The van der Waals surface area contributed by atoms with Crippen LogP contribution in [-0.4, -0.2) is 56.3 Å². The zero-order valence-electron chi connectivity index (χ0n) is 10.1. The molecule has 1 aliphatic rings. The highest BCUT2D eigenvalue weighted by molar-refractivity contribution is 7.88. The minimum Gasteiger partial charge on any atom is -0.396 e. The number of likely N-dealkylation sites (tertiary alicyclic amines) is 1. The fourth-order valence-electron chi connectivity index (χ4n) is 1.94. The first kappa shape index (κ1) is 14.4. The molecule has 1 saturated heterocycles. The van der Waals surface area contributed by atoms with Gasteiger partial charge in [-0.25, -0.2) is 13.1 Å². The molecule has 7 heteroatoms. The van der Waals surface area contributed by atoms with Crippen molar-refractivity contribution in [2.45, 2.75) is 31.7 Å². The molecule has 0 atom stereocenters. The van der Waals surface area contributed by atoms with Crippen LogP contribution in [0.25, 0.3) is 0 Å². The van der Waals surface area contributed by atoms with E-state index in [9.17, 15) is 13.2 Å². The Morgan fingerprint density at radius 2 is 2.00 bits per heavy atom. The van der Waals surface area contributed by atoms with Crippen molar-refractivity contribution in [1.82, 2.24) is 9.62 Å². The normalized spacial score (nSPS) is 18.4. The third kappa shape index (κ3) is 5.47. The van der Waals surface area contributed by atoms with Crippen LogP contribution in [0.2, 0.25) is 0 Å². The van der Waals surface area contributed by atoms with E-state index in [2.05, 4.69) is 4.72 Å². The molecule has 17 heavy (non-hydrogen) atoms. The van der Waals surface area contributed by atoms with Crippen molar-refractivity contribution in [3.05, 3.63) is 0 Å². The molecular weight excluding hydrogens is 244 g/mol. The molecule has 1 amide bonds. The maximum Gasteiger partial charge on any atom is 0.222 e. The summed E-state index contributed by atoms with van der Waals surface area (Å²) in [5.41, 5.74) is 0. The lowest BCUT2D eigenvalue weighted by molar-refractivity contribution is -0.132. The van der Waals surface area contributed by atoms with Crippen molar-refractivity contribution in [2.24, 2.45) is 0 Å². The number of amides is 1. The summed E-state index contributed by atoms with van der Waals surface area (Å²) in [6.07, 6.45) is 3.29. The molecule has 0 unspecified atom stereocenters. The molecule has 0 spiro atoms. The van der Waals surface area contributed by atoms with E-state index < -0.39 is 10.0 Å². The molecule has 1 rings (SSSR count). The van der Waals surface area contributed by atoms with Gasteiger partial charge in [-0.1, -0.05) is 0 Å². The predicted molar refractivity (Wildman–Crippen MR) is 63.9 cm³/mol. The SMILES string of the molecule is CS(=O)(=O)NC1CCN(C(=O)CCCO)CC1. The lowest BCUT2D eigenvalue weighted by Crippen LogP contribution is -2.46. The lowest BCUT2D eigenvalue weighted by Gasteiger charge is -2.32. The molecule has 0 saturated carbocycles. The summed E-state index contributed by atoms with van der Waals surface area (Å²) >= 11 is 0. The van der Waals surface area contributed by atoms with Crippen LogP contribution in [0.15, 0.2) is 0 Å². The fraction of sp³-hybridized carbons (Fsp3) is 0.900. The minimum atomic E-state index is -3.16. The molecule has 1 aliphatic heterocycles. The highest BCUT2D eigenvalue weighted by Gasteiger charge is 2.23. The second kappa shape index (κ2) is 6.32. The van der Waals surface area contributed by atoms with Gasteiger partial charge < -0.3 is 10.0 Å². The average molecular weight is 264 g/mol. The molecule has 1 fully saturated rings. The summed E-state index contributed by atoms with van der Waals surface area (Å²) in [6, 6.07) is -0.0631. The maximum absolute atomic E-state index is 11.6. The van der Waals surface area contributed by atoms with E-state index in [0.717, 1.165) is 6.26 Å². The number of sulfonamides is 1. The van der Waals surface area contributed by atoms with E-state index in [4.69, 9.17) is 5.11 Å². The van der Waals surface area contributed by atoms with E-state index in [-0.39, 0.29) is 18.6 Å². The number of nitrogens with zero attached hydrogens (tertiary/aromatic N) is 1. The number of carbonyl (C=O) groups excluding carboxylic acids is 1. The van der Waals surface area contributed by atoms with Crippen molar-refractivity contribution in [3.63, 3.8) is 0 Å². The van der Waals surface area contributed by atoms with Gasteiger partial charge in [-0.2, -0.15) is 0 Å². The second-order valence-corrected chi connectivity index (χ2v) is 6.15. The topological polar surface area (TPSA) is 86.7 Å². The number of nitrogens with one attached hydrogen (secondary N) is 1. The van der Waals surface area contributed by atoms with Crippen molar-refractivity contribution < 1.29 is 18.3 Å². The Kier molecular flexibility index (Phi) is 5.35. The zero-order chi connectivity index (χ0) is 12.9. The van der Waals surface area contributed by atoms with E-state index in [1.807, 2.05) is 0 Å². The van der Waals surface area contributed by atoms with Crippen LogP contribution in [0, 0.1) is 0 Å². The Balaban J connectivity index is 2.33. The third-order valence-electron chi connectivity index (χ3n) is 2.78. The van der Waals surface area contributed by atoms with Gasteiger partial charge in [-0.3, -0.25) is 4.79 Å². The summed E-state index contributed by atoms with van der Waals surface area (Å²) in [6.45, 7) is 1.19. The van der Waals surface area contributed by atoms with Crippen LogP contribution < -0.4 is 4.72 Å². The first-order valence-corrected chi connectivity index (χ1v) is 7.67. The number of carbonyl (C=O) groups is 1. The lowest BCUT2D eigenvalue weighted by atomic mass is 10.1. The molecule has 100 valence electrons. The van der Waals surface area contributed by atoms with Gasteiger partial charge in [0.1, 0.15) is 0 Å². The van der Waals surface area contributed by atoms with E-state index >= 15 is 0 Å². The number of aliphatic hydroxyl groups excluding tert-OH is 1. The van der Waals surface area contributed by atoms with Gasteiger partial charge in [0, 0.05) is 32.2 Å². The number of hydrogen-bond acceptors (Lipinski definition) is 4. The zero-order valence-corrected chi connectivity index (χ0v) is 10.9. The molecule has 6 nitrogen and oxygen atoms in total. The van der Waals surface area contributed by atoms with Gasteiger partial charge in [-0.15, -0.1) is 0 Å². The summed E-state index contributed by atoms with van der Waals surface area (Å²) in [5, 5.41) is 8.64. The van der Waals surface area contributed by atoms with Gasteiger partial charge in [0.2, 0.25) is 15.9 Å². The molecule has 0 aromatic carbocycles. The Bertz CT molecular complexity index is 347. The monoisotopic (exact) mass is 264 g/mol. The van der Waals surface area contributed by atoms with Crippen molar-refractivity contribution in [3.8, 4) is 0 Å². The molecule has 0 aromatic rings. The molecule has 0 radical (unpaired) electrons. The van der Waals surface area contributed by atoms with Crippen molar-refractivity contribution in [2.75, 3.05) is 26.0 Å². The smallest absolute Gasteiger partial charge is 0.222 e. The number of rotatable bonds is 5. The Labute approximate surface area is 102 Å². The summed E-state index contributed by atoms with van der Waals surface area (Å²) in [4.78, 5) is 13.4. The molecule has 2 N–H and O–H groups in total. The summed E-state index contributed by atoms with van der Waals surface area (Å²) in [5.74, 6) is 0.0388.